The van der Waals surface area contributed by atoms with Crippen LogP contribution in [-0.2, 0) is 13.1 Å². The molecule has 0 aliphatic carbocycles. The van der Waals surface area contributed by atoms with E-state index in [4.69, 9.17) is 5.73 Å². The number of unbranched alkanes of at least 4 members (excludes halogenated alkanes) is 1. The van der Waals surface area contributed by atoms with Crippen LogP contribution in [0.4, 0.5) is 14.7 Å². The van der Waals surface area contributed by atoms with E-state index in [0.717, 1.165) is 25.5 Å². The highest BCUT2D eigenvalue weighted by atomic mass is 19.1. The quantitative estimate of drug-likeness (QED) is 0.735. The van der Waals surface area contributed by atoms with E-state index in [2.05, 4.69) is 9.97 Å². The van der Waals surface area contributed by atoms with Gasteiger partial charge in [-0.3, -0.25) is 0 Å². The standard InChI is InChI=1S/C14H15F2N5/c15-10-7-11(16)13-12(8-10)21(14(17)19-13)5-2-1-4-20-6-3-18-9-20/h3,6-9H,1-2,4-5H2,(H2,17,19). The minimum absolute atomic E-state index is 0.114. The summed E-state index contributed by atoms with van der Waals surface area (Å²) < 4.78 is 30.6. The van der Waals surface area contributed by atoms with Gasteiger partial charge in [-0.1, -0.05) is 0 Å². The zero-order valence-corrected chi connectivity index (χ0v) is 11.3. The number of benzene rings is 1. The van der Waals surface area contributed by atoms with Crippen LogP contribution in [-0.4, -0.2) is 19.1 Å². The van der Waals surface area contributed by atoms with Crippen molar-refractivity contribution in [1.29, 1.82) is 0 Å². The van der Waals surface area contributed by atoms with E-state index in [1.54, 1.807) is 17.1 Å². The van der Waals surface area contributed by atoms with Crippen LogP contribution in [0.2, 0.25) is 0 Å². The molecule has 0 saturated carbocycles. The lowest BCUT2D eigenvalue weighted by molar-refractivity contribution is 0.560. The third-order valence-corrected chi connectivity index (χ3v) is 3.41. The molecule has 110 valence electrons. The molecular weight excluding hydrogens is 276 g/mol. The molecule has 0 bridgehead atoms. The molecule has 0 aliphatic heterocycles. The van der Waals surface area contributed by atoms with Crippen LogP contribution in [0.1, 0.15) is 12.8 Å². The first kappa shape index (κ1) is 13.5. The first-order valence-electron chi connectivity index (χ1n) is 6.71. The zero-order chi connectivity index (χ0) is 14.8. The molecular formula is C14H15F2N5. The zero-order valence-electron chi connectivity index (χ0n) is 11.3. The van der Waals surface area contributed by atoms with Crippen molar-refractivity contribution < 1.29 is 8.78 Å². The topological polar surface area (TPSA) is 61.7 Å². The van der Waals surface area contributed by atoms with Crippen LogP contribution in [0.25, 0.3) is 11.0 Å². The van der Waals surface area contributed by atoms with Gasteiger partial charge in [0.2, 0.25) is 5.95 Å². The summed E-state index contributed by atoms with van der Waals surface area (Å²) in [7, 11) is 0. The molecule has 0 unspecified atom stereocenters. The summed E-state index contributed by atoms with van der Waals surface area (Å²) in [4.78, 5) is 7.94. The van der Waals surface area contributed by atoms with Gasteiger partial charge < -0.3 is 14.9 Å². The number of nitrogen functional groups attached to an aromatic ring is 1. The number of anilines is 1. The first-order chi connectivity index (χ1) is 10.1. The second-order valence-electron chi connectivity index (χ2n) is 4.88. The number of nitrogens with two attached hydrogens (primary N) is 1. The van der Waals surface area contributed by atoms with Crippen molar-refractivity contribution in [3.8, 4) is 0 Å². The summed E-state index contributed by atoms with van der Waals surface area (Å²) in [6.07, 6.45) is 7.11. The van der Waals surface area contributed by atoms with Gasteiger partial charge in [-0.05, 0) is 12.8 Å². The third kappa shape index (κ3) is 2.72. The van der Waals surface area contributed by atoms with Crippen LogP contribution < -0.4 is 5.73 Å². The molecule has 2 heterocycles. The summed E-state index contributed by atoms with van der Waals surface area (Å²) in [5.74, 6) is -1.11. The smallest absolute Gasteiger partial charge is 0.201 e. The Kier molecular flexibility index (Phi) is 3.55. The van der Waals surface area contributed by atoms with Crippen molar-refractivity contribution in [3.63, 3.8) is 0 Å². The molecule has 0 aliphatic rings. The summed E-state index contributed by atoms with van der Waals surface area (Å²) in [5, 5.41) is 0. The van der Waals surface area contributed by atoms with E-state index in [9.17, 15) is 8.78 Å². The van der Waals surface area contributed by atoms with E-state index in [1.807, 2.05) is 10.8 Å². The number of imidazole rings is 2. The number of halogens is 2. The molecule has 0 amide bonds. The van der Waals surface area contributed by atoms with Gasteiger partial charge in [-0.25, -0.2) is 18.7 Å². The number of aryl methyl sites for hydroxylation is 2. The summed E-state index contributed by atoms with van der Waals surface area (Å²) in [6, 6.07) is 2.08. The average molecular weight is 291 g/mol. The number of fused-ring (bicyclic) bond motifs is 1. The van der Waals surface area contributed by atoms with Gasteiger partial charge in [0, 0.05) is 37.6 Å². The summed E-state index contributed by atoms with van der Waals surface area (Å²) in [5.41, 5.74) is 6.31. The van der Waals surface area contributed by atoms with Crippen LogP contribution in [0.5, 0.6) is 0 Å². The number of rotatable bonds is 5. The minimum Gasteiger partial charge on any atom is -0.369 e. The van der Waals surface area contributed by atoms with Gasteiger partial charge in [0.15, 0.2) is 5.82 Å². The van der Waals surface area contributed by atoms with E-state index in [0.29, 0.717) is 12.1 Å². The Labute approximate surface area is 120 Å². The molecule has 0 spiro atoms. The van der Waals surface area contributed by atoms with Crippen molar-refractivity contribution in [2.45, 2.75) is 25.9 Å². The summed E-state index contributed by atoms with van der Waals surface area (Å²) >= 11 is 0. The Hall–Kier alpha value is -2.44. The first-order valence-corrected chi connectivity index (χ1v) is 6.71. The molecule has 5 nitrogen and oxygen atoms in total. The van der Waals surface area contributed by atoms with Crippen LogP contribution in [0.3, 0.4) is 0 Å². The van der Waals surface area contributed by atoms with Gasteiger partial charge in [-0.15, -0.1) is 0 Å². The molecule has 1 aromatic carbocycles. The average Bonchev–Trinajstić information content (AvgIpc) is 3.04. The van der Waals surface area contributed by atoms with E-state index >= 15 is 0 Å². The second-order valence-corrected chi connectivity index (χ2v) is 4.88. The van der Waals surface area contributed by atoms with Crippen molar-refractivity contribution in [2.75, 3.05) is 5.73 Å². The maximum absolute atomic E-state index is 13.6. The summed E-state index contributed by atoms with van der Waals surface area (Å²) in [6.45, 7) is 1.41. The highest BCUT2D eigenvalue weighted by molar-refractivity contribution is 5.79. The molecule has 0 fully saturated rings. The maximum atomic E-state index is 13.6. The Balaban J connectivity index is 1.73. The molecule has 0 saturated heterocycles. The fraction of sp³-hybridized carbons (Fsp3) is 0.286. The lowest BCUT2D eigenvalue weighted by Gasteiger charge is -2.07. The predicted octanol–water partition coefficient (Wildman–Crippen LogP) is 2.57. The Bertz CT molecular complexity index is 748. The Morgan fingerprint density at radius 3 is 2.71 bits per heavy atom. The Morgan fingerprint density at radius 2 is 1.95 bits per heavy atom. The van der Waals surface area contributed by atoms with E-state index in [-0.39, 0.29) is 11.5 Å². The number of hydrogen-bond donors (Lipinski definition) is 1. The van der Waals surface area contributed by atoms with Crippen LogP contribution in [0, 0.1) is 11.6 Å². The lowest BCUT2D eigenvalue weighted by Crippen LogP contribution is -2.05. The van der Waals surface area contributed by atoms with Gasteiger partial charge >= 0.3 is 0 Å². The molecule has 0 radical (unpaired) electrons. The number of nitrogens with zero attached hydrogens (tertiary/aromatic N) is 4. The SMILES string of the molecule is Nc1nc2c(F)cc(F)cc2n1CCCCn1ccnc1. The molecule has 3 rings (SSSR count). The van der Waals surface area contributed by atoms with Crippen LogP contribution >= 0.6 is 0 Å². The van der Waals surface area contributed by atoms with E-state index < -0.39 is 11.6 Å². The highest BCUT2D eigenvalue weighted by Crippen LogP contribution is 2.22. The molecule has 3 aromatic rings. The highest BCUT2D eigenvalue weighted by Gasteiger charge is 2.13. The minimum atomic E-state index is -0.686. The molecule has 7 heteroatoms. The fourth-order valence-electron chi connectivity index (χ4n) is 2.39. The van der Waals surface area contributed by atoms with Gasteiger partial charge in [0.05, 0.1) is 11.8 Å². The van der Waals surface area contributed by atoms with Gasteiger partial charge in [0.25, 0.3) is 0 Å². The predicted molar refractivity (Wildman–Crippen MR) is 75.5 cm³/mol. The van der Waals surface area contributed by atoms with Crippen LogP contribution in [0.15, 0.2) is 30.9 Å². The number of aromatic nitrogens is 4. The lowest BCUT2D eigenvalue weighted by atomic mass is 10.2. The normalized spacial score (nSPS) is 11.3. The fourth-order valence-corrected chi connectivity index (χ4v) is 2.39. The van der Waals surface area contributed by atoms with Gasteiger partial charge in [0.1, 0.15) is 11.3 Å². The number of hydrogen-bond acceptors (Lipinski definition) is 3. The second kappa shape index (κ2) is 5.51. The third-order valence-electron chi connectivity index (χ3n) is 3.41. The van der Waals surface area contributed by atoms with Gasteiger partial charge in [-0.2, -0.15) is 0 Å². The molecule has 0 atom stereocenters. The maximum Gasteiger partial charge on any atom is 0.201 e. The van der Waals surface area contributed by atoms with Crippen molar-refractivity contribution >= 4 is 17.0 Å². The molecule has 2 aromatic heterocycles. The monoisotopic (exact) mass is 291 g/mol. The molecule has 21 heavy (non-hydrogen) atoms. The molecule has 2 N–H and O–H groups in total. The Morgan fingerprint density at radius 1 is 1.14 bits per heavy atom. The van der Waals surface area contributed by atoms with Crippen molar-refractivity contribution in [2.24, 2.45) is 0 Å². The van der Waals surface area contributed by atoms with Crippen molar-refractivity contribution in [3.05, 3.63) is 42.5 Å². The largest absolute Gasteiger partial charge is 0.369 e. The van der Waals surface area contributed by atoms with Crippen molar-refractivity contribution in [1.82, 2.24) is 19.1 Å². The van der Waals surface area contributed by atoms with E-state index in [1.165, 1.54) is 6.07 Å².